The van der Waals surface area contributed by atoms with Gasteiger partial charge in [0.2, 0.25) is 9.05 Å². The SMILES string of the molecule is O=S(=O)(Cl)C1(C2CCNC2)C=CC=CC1. The zero-order chi connectivity index (χ0) is 10.9. The molecule has 0 aromatic heterocycles. The third-order valence-corrected chi connectivity index (χ3v) is 5.67. The number of allylic oxidation sites excluding steroid dienone is 3. The molecule has 1 aliphatic heterocycles. The first-order valence-electron chi connectivity index (χ1n) is 5.05. The Labute approximate surface area is 94.6 Å². The average Bonchev–Trinajstić information content (AvgIpc) is 2.70. The molecule has 0 bridgehead atoms. The second-order valence-corrected chi connectivity index (χ2v) is 6.93. The molecule has 15 heavy (non-hydrogen) atoms. The highest BCUT2D eigenvalue weighted by molar-refractivity contribution is 8.15. The van der Waals surface area contributed by atoms with Crippen LogP contribution in [0.25, 0.3) is 0 Å². The Bertz CT molecular complexity index is 396. The monoisotopic (exact) mass is 247 g/mol. The predicted molar refractivity (Wildman–Crippen MR) is 61.4 cm³/mol. The summed E-state index contributed by atoms with van der Waals surface area (Å²) in [5.41, 5.74) is 0. The van der Waals surface area contributed by atoms with E-state index in [0.717, 1.165) is 19.5 Å². The minimum atomic E-state index is -3.58. The Morgan fingerprint density at radius 1 is 1.40 bits per heavy atom. The molecule has 2 rings (SSSR count). The molecule has 0 aromatic carbocycles. The van der Waals surface area contributed by atoms with E-state index in [2.05, 4.69) is 5.32 Å². The largest absolute Gasteiger partial charge is 0.316 e. The maximum Gasteiger partial charge on any atom is 0.242 e. The number of hydrogen-bond acceptors (Lipinski definition) is 3. The van der Waals surface area contributed by atoms with Gasteiger partial charge in [0.05, 0.1) is 0 Å². The molecule has 0 saturated carbocycles. The summed E-state index contributed by atoms with van der Waals surface area (Å²) in [5, 5.41) is 3.19. The third-order valence-electron chi connectivity index (χ3n) is 3.27. The molecule has 1 saturated heterocycles. The lowest BCUT2D eigenvalue weighted by Crippen LogP contribution is -2.43. The lowest BCUT2D eigenvalue weighted by molar-refractivity contribution is 0.439. The zero-order valence-electron chi connectivity index (χ0n) is 8.32. The topological polar surface area (TPSA) is 46.2 Å². The number of rotatable bonds is 2. The van der Waals surface area contributed by atoms with Gasteiger partial charge in [-0.25, -0.2) is 8.42 Å². The van der Waals surface area contributed by atoms with Crippen LogP contribution in [-0.2, 0) is 9.05 Å². The summed E-state index contributed by atoms with van der Waals surface area (Å²) in [6.07, 6.45) is 8.61. The molecule has 1 N–H and O–H groups in total. The van der Waals surface area contributed by atoms with Crippen molar-refractivity contribution in [3.8, 4) is 0 Å². The second-order valence-electron chi connectivity index (χ2n) is 4.07. The Morgan fingerprint density at radius 3 is 2.67 bits per heavy atom. The first-order chi connectivity index (χ1) is 7.06. The summed E-state index contributed by atoms with van der Waals surface area (Å²) in [7, 11) is 2.03. The van der Waals surface area contributed by atoms with E-state index < -0.39 is 13.8 Å². The molecule has 0 amide bonds. The summed E-state index contributed by atoms with van der Waals surface area (Å²) in [4.78, 5) is 0. The first kappa shape index (κ1) is 11.2. The maximum atomic E-state index is 11.7. The lowest BCUT2D eigenvalue weighted by atomic mass is 9.85. The highest BCUT2D eigenvalue weighted by Crippen LogP contribution is 2.40. The molecule has 1 aliphatic carbocycles. The van der Waals surface area contributed by atoms with E-state index >= 15 is 0 Å². The lowest BCUT2D eigenvalue weighted by Gasteiger charge is -2.33. The van der Waals surface area contributed by atoms with Crippen LogP contribution in [-0.4, -0.2) is 26.3 Å². The Kier molecular flexibility index (Phi) is 2.92. The van der Waals surface area contributed by atoms with E-state index in [0.29, 0.717) is 6.42 Å². The molecule has 3 nitrogen and oxygen atoms in total. The van der Waals surface area contributed by atoms with Gasteiger partial charge in [-0.1, -0.05) is 24.3 Å². The van der Waals surface area contributed by atoms with E-state index in [1.54, 1.807) is 12.2 Å². The molecular formula is C10H14ClNO2S. The number of nitrogens with one attached hydrogen (secondary N) is 1. The van der Waals surface area contributed by atoms with Crippen molar-refractivity contribution in [3.63, 3.8) is 0 Å². The van der Waals surface area contributed by atoms with Gasteiger partial charge in [0.15, 0.2) is 0 Å². The van der Waals surface area contributed by atoms with Crippen molar-refractivity contribution in [1.82, 2.24) is 5.32 Å². The Balaban J connectivity index is 2.39. The predicted octanol–water partition coefficient (Wildman–Crippen LogP) is 1.42. The van der Waals surface area contributed by atoms with Gasteiger partial charge in [0.25, 0.3) is 0 Å². The fourth-order valence-corrected chi connectivity index (χ4v) is 4.23. The van der Waals surface area contributed by atoms with Gasteiger partial charge in [-0.2, -0.15) is 0 Å². The van der Waals surface area contributed by atoms with Crippen LogP contribution in [0.15, 0.2) is 24.3 Å². The molecule has 2 aliphatic rings. The number of halogens is 1. The van der Waals surface area contributed by atoms with Gasteiger partial charge < -0.3 is 5.32 Å². The van der Waals surface area contributed by atoms with Crippen LogP contribution >= 0.6 is 10.7 Å². The Hall–Kier alpha value is -0.320. The highest BCUT2D eigenvalue weighted by atomic mass is 35.7. The van der Waals surface area contributed by atoms with Gasteiger partial charge >= 0.3 is 0 Å². The summed E-state index contributed by atoms with van der Waals surface area (Å²) >= 11 is 0. The summed E-state index contributed by atoms with van der Waals surface area (Å²) in [6, 6.07) is 0. The highest BCUT2D eigenvalue weighted by Gasteiger charge is 2.47. The average molecular weight is 248 g/mol. The quantitative estimate of drug-likeness (QED) is 0.751. The summed E-state index contributed by atoms with van der Waals surface area (Å²) < 4.78 is 22.6. The van der Waals surface area contributed by atoms with E-state index in [-0.39, 0.29) is 5.92 Å². The van der Waals surface area contributed by atoms with Crippen LogP contribution in [0.2, 0.25) is 0 Å². The molecule has 0 aromatic rings. The van der Waals surface area contributed by atoms with Crippen LogP contribution < -0.4 is 5.32 Å². The minimum absolute atomic E-state index is 0.0844. The van der Waals surface area contributed by atoms with Gasteiger partial charge in [-0.05, 0) is 31.8 Å². The molecule has 0 radical (unpaired) electrons. The zero-order valence-corrected chi connectivity index (χ0v) is 9.89. The van der Waals surface area contributed by atoms with Crippen molar-refractivity contribution in [2.45, 2.75) is 17.6 Å². The Morgan fingerprint density at radius 2 is 2.20 bits per heavy atom. The van der Waals surface area contributed by atoms with E-state index in [1.165, 1.54) is 0 Å². The van der Waals surface area contributed by atoms with Crippen molar-refractivity contribution in [2.75, 3.05) is 13.1 Å². The molecule has 0 spiro atoms. The van der Waals surface area contributed by atoms with Crippen LogP contribution in [0.5, 0.6) is 0 Å². The fraction of sp³-hybridized carbons (Fsp3) is 0.600. The standard InChI is InChI=1S/C10H14ClNO2S/c11-15(13,14)10(5-2-1-3-6-10)9-4-7-12-8-9/h1-3,5,9,12H,4,6-8H2. The van der Waals surface area contributed by atoms with Gasteiger partial charge in [-0.3, -0.25) is 0 Å². The van der Waals surface area contributed by atoms with Crippen molar-refractivity contribution in [3.05, 3.63) is 24.3 Å². The molecule has 5 heteroatoms. The van der Waals surface area contributed by atoms with E-state index in [1.807, 2.05) is 12.2 Å². The molecular weight excluding hydrogens is 234 g/mol. The molecule has 1 heterocycles. The molecule has 84 valence electrons. The third kappa shape index (κ3) is 1.86. The van der Waals surface area contributed by atoms with Crippen LogP contribution in [0.3, 0.4) is 0 Å². The van der Waals surface area contributed by atoms with Crippen LogP contribution in [0, 0.1) is 5.92 Å². The van der Waals surface area contributed by atoms with E-state index in [9.17, 15) is 8.42 Å². The molecule has 2 unspecified atom stereocenters. The van der Waals surface area contributed by atoms with Gasteiger partial charge in [0.1, 0.15) is 4.75 Å². The van der Waals surface area contributed by atoms with Crippen LogP contribution in [0.1, 0.15) is 12.8 Å². The van der Waals surface area contributed by atoms with E-state index in [4.69, 9.17) is 10.7 Å². The molecule has 2 atom stereocenters. The van der Waals surface area contributed by atoms with Gasteiger partial charge in [0, 0.05) is 10.7 Å². The smallest absolute Gasteiger partial charge is 0.242 e. The van der Waals surface area contributed by atoms with Crippen molar-refractivity contribution in [1.29, 1.82) is 0 Å². The fourth-order valence-electron chi connectivity index (χ4n) is 2.37. The minimum Gasteiger partial charge on any atom is -0.316 e. The first-order valence-corrected chi connectivity index (χ1v) is 7.36. The van der Waals surface area contributed by atoms with Crippen molar-refractivity contribution in [2.24, 2.45) is 5.92 Å². The molecule has 1 fully saturated rings. The van der Waals surface area contributed by atoms with Crippen LogP contribution in [0.4, 0.5) is 0 Å². The van der Waals surface area contributed by atoms with Gasteiger partial charge in [-0.15, -0.1) is 0 Å². The number of hydrogen-bond donors (Lipinski definition) is 1. The summed E-state index contributed by atoms with van der Waals surface area (Å²) in [5.74, 6) is 0.0844. The van der Waals surface area contributed by atoms with Crippen molar-refractivity contribution >= 4 is 19.7 Å². The maximum absolute atomic E-state index is 11.7. The normalized spacial score (nSPS) is 35.9. The van der Waals surface area contributed by atoms with Crippen molar-refractivity contribution < 1.29 is 8.42 Å². The summed E-state index contributed by atoms with van der Waals surface area (Å²) in [6.45, 7) is 1.60. The second kappa shape index (κ2) is 3.92.